The first-order valence-corrected chi connectivity index (χ1v) is 9.80. The molecule has 0 radical (unpaired) electrons. The molecule has 0 fully saturated rings. The molecule has 146 valence electrons. The van der Waals surface area contributed by atoms with E-state index < -0.39 is 18.0 Å². The van der Waals surface area contributed by atoms with Crippen LogP contribution >= 0.6 is 11.3 Å². The predicted molar refractivity (Wildman–Crippen MR) is 112 cm³/mol. The Labute approximate surface area is 170 Å². The van der Waals surface area contributed by atoms with Gasteiger partial charge in [0.05, 0.1) is 15.8 Å². The Kier molecular flexibility index (Phi) is 5.09. The maximum absolute atomic E-state index is 12.4. The summed E-state index contributed by atoms with van der Waals surface area (Å²) >= 11 is 1.38. The lowest BCUT2D eigenvalue weighted by Crippen LogP contribution is -2.29. The van der Waals surface area contributed by atoms with Gasteiger partial charge >= 0.3 is 5.97 Å². The van der Waals surface area contributed by atoms with Crippen molar-refractivity contribution in [2.24, 2.45) is 0 Å². The van der Waals surface area contributed by atoms with Crippen molar-refractivity contribution in [1.82, 2.24) is 15.0 Å². The Bertz CT molecular complexity index is 1170. The minimum atomic E-state index is -0.957. The predicted octanol–water partition coefficient (Wildman–Crippen LogP) is 4.18. The molecule has 0 aliphatic heterocycles. The number of aryl methyl sites for hydroxylation is 1. The van der Waals surface area contributed by atoms with Crippen LogP contribution in [0.15, 0.2) is 54.9 Å². The second-order valence-electron chi connectivity index (χ2n) is 6.54. The number of anilines is 1. The zero-order valence-electron chi connectivity index (χ0n) is 15.8. The van der Waals surface area contributed by atoms with E-state index in [1.54, 1.807) is 36.7 Å². The van der Waals surface area contributed by atoms with E-state index in [0.29, 0.717) is 16.5 Å². The second kappa shape index (κ2) is 7.84. The zero-order valence-corrected chi connectivity index (χ0v) is 16.6. The third-order valence-electron chi connectivity index (χ3n) is 4.32. The maximum atomic E-state index is 12.4. The summed E-state index contributed by atoms with van der Waals surface area (Å²) in [4.78, 5) is 36.3. The maximum Gasteiger partial charge on any atom is 0.338 e. The van der Waals surface area contributed by atoms with Crippen LogP contribution in [0.1, 0.15) is 22.8 Å². The summed E-state index contributed by atoms with van der Waals surface area (Å²) in [5.41, 5.74) is 3.15. The molecule has 2 aromatic carbocycles. The van der Waals surface area contributed by atoms with Crippen LogP contribution in [0.5, 0.6) is 0 Å². The van der Waals surface area contributed by atoms with E-state index in [4.69, 9.17) is 4.74 Å². The van der Waals surface area contributed by atoms with E-state index in [1.165, 1.54) is 18.3 Å². The van der Waals surface area contributed by atoms with Crippen LogP contribution in [0.3, 0.4) is 0 Å². The quantitative estimate of drug-likeness (QED) is 0.485. The summed E-state index contributed by atoms with van der Waals surface area (Å²) in [6.07, 6.45) is 2.43. The van der Waals surface area contributed by atoms with Crippen LogP contribution in [0.25, 0.3) is 21.6 Å². The third-order valence-corrected chi connectivity index (χ3v) is 5.25. The van der Waals surface area contributed by atoms with Crippen LogP contribution in [0.4, 0.5) is 5.13 Å². The average Bonchev–Trinajstić information content (AvgIpc) is 3.37. The number of aromatic nitrogens is 3. The number of imidazole rings is 1. The summed E-state index contributed by atoms with van der Waals surface area (Å²) in [5, 5.41) is 3.19. The molecule has 1 amide bonds. The lowest BCUT2D eigenvalue weighted by Gasteiger charge is -2.12. The van der Waals surface area contributed by atoms with Crippen molar-refractivity contribution in [3.63, 3.8) is 0 Å². The Morgan fingerprint density at radius 3 is 2.69 bits per heavy atom. The Hall–Kier alpha value is -3.52. The van der Waals surface area contributed by atoms with Crippen LogP contribution < -0.4 is 5.32 Å². The van der Waals surface area contributed by atoms with E-state index in [1.807, 2.05) is 25.1 Å². The van der Waals surface area contributed by atoms with E-state index in [-0.39, 0.29) is 0 Å². The molecule has 0 aliphatic rings. The fraction of sp³-hybridized carbons (Fsp3) is 0.143. The largest absolute Gasteiger partial charge is 0.449 e. The van der Waals surface area contributed by atoms with Gasteiger partial charge in [0.1, 0.15) is 5.82 Å². The first-order chi connectivity index (χ1) is 14.0. The number of nitrogens with zero attached hydrogens (tertiary/aromatic N) is 2. The molecule has 2 N–H and O–H groups in total. The standard InChI is InChI=1S/C21H18N4O3S/c1-12-3-8-16-17(11-12)29-21(24-16)25-19(26)13(2)28-20(27)15-6-4-14(5-7-15)18-22-9-10-23-18/h3-11,13H,1-2H3,(H,22,23)(H,24,25,26). The fourth-order valence-corrected chi connectivity index (χ4v) is 3.73. The summed E-state index contributed by atoms with van der Waals surface area (Å²) in [7, 11) is 0. The summed E-state index contributed by atoms with van der Waals surface area (Å²) < 4.78 is 6.28. The lowest BCUT2D eigenvalue weighted by molar-refractivity contribution is -0.123. The number of rotatable bonds is 5. The monoisotopic (exact) mass is 406 g/mol. The van der Waals surface area contributed by atoms with Crippen molar-refractivity contribution < 1.29 is 14.3 Å². The highest BCUT2D eigenvalue weighted by Crippen LogP contribution is 2.26. The number of esters is 1. The zero-order chi connectivity index (χ0) is 20.4. The number of H-pyrrole nitrogens is 1. The molecular formula is C21H18N4O3S. The van der Waals surface area contributed by atoms with Gasteiger partial charge in [0, 0.05) is 18.0 Å². The van der Waals surface area contributed by atoms with Gasteiger partial charge in [-0.3, -0.25) is 10.1 Å². The topological polar surface area (TPSA) is 97.0 Å². The highest BCUT2D eigenvalue weighted by Gasteiger charge is 2.20. The molecule has 8 heteroatoms. The van der Waals surface area contributed by atoms with Gasteiger partial charge in [0.25, 0.3) is 5.91 Å². The SMILES string of the molecule is Cc1ccc2nc(NC(=O)C(C)OC(=O)c3ccc(-c4ncc[nH]4)cc3)sc2c1. The minimum Gasteiger partial charge on any atom is -0.449 e. The van der Waals surface area contributed by atoms with E-state index in [2.05, 4.69) is 20.3 Å². The van der Waals surface area contributed by atoms with Crippen LogP contribution in [-0.4, -0.2) is 32.9 Å². The van der Waals surface area contributed by atoms with Gasteiger partial charge in [0.15, 0.2) is 11.2 Å². The van der Waals surface area contributed by atoms with Gasteiger partial charge < -0.3 is 9.72 Å². The van der Waals surface area contributed by atoms with Gasteiger partial charge in [-0.15, -0.1) is 0 Å². The van der Waals surface area contributed by atoms with E-state index in [0.717, 1.165) is 21.3 Å². The van der Waals surface area contributed by atoms with Crippen LogP contribution in [0, 0.1) is 6.92 Å². The number of thiazole rings is 1. The molecule has 0 bridgehead atoms. The number of fused-ring (bicyclic) bond motifs is 1. The number of benzene rings is 2. The molecule has 7 nitrogen and oxygen atoms in total. The highest BCUT2D eigenvalue weighted by molar-refractivity contribution is 7.22. The van der Waals surface area contributed by atoms with Crippen molar-refractivity contribution in [2.75, 3.05) is 5.32 Å². The summed E-state index contributed by atoms with van der Waals surface area (Å²) in [6.45, 7) is 3.53. The van der Waals surface area contributed by atoms with Gasteiger partial charge in [0.2, 0.25) is 0 Å². The first-order valence-electron chi connectivity index (χ1n) is 8.98. The minimum absolute atomic E-state index is 0.357. The van der Waals surface area contributed by atoms with E-state index >= 15 is 0 Å². The van der Waals surface area contributed by atoms with Crippen LogP contribution in [0.2, 0.25) is 0 Å². The second-order valence-corrected chi connectivity index (χ2v) is 7.57. The molecule has 1 unspecified atom stereocenters. The van der Waals surface area contributed by atoms with Gasteiger partial charge in [-0.25, -0.2) is 14.8 Å². The molecule has 4 rings (SSSR count). The highest BCUT2D eigenvalue weighted by atomic mass is 32.1. The number of amides is 1. The van der Waals surface area contributed by atoms with Gasteiger partial charge in [-0.05, 0) is 43.7 Å². The summed E-state index contributed by atoms with van der Waals surface area (Å²) in [6, 6.07) is 12.7. The molecule has 0 aliphatic carbocycles. The smallest absolute Gasteiger partial charge is 0.338 e. The molecule has 2 heterocycles. The molecule has 29 heavy (non-hydrogen) atoms. The van der Waals surface area contributed by atoms with Gasteiger partial charge in [-0.2, -0.15) is 0 Å². The number of hydrogen-bond acceptors (Lipinski definition) is 6. The van der Waals surface area contributed by atoms with Crippen molar-refractivity contribution in [1.29, 1.82) is 0 Å². The van der Waals surface area contributed by atoms with Crippen molar-refractivity contribution in [2.45, 2.75) is 20.0 Å². The number of ether oxygens (including phenoxy) is 1. The Balaban J connectivity index is 1.39. The summed E-state index contributed by atoms with van der Waals surface area (Å²) in [5.74, 6) is -0.288. The lowest BCUT2D eigenvalue weighted by atomic mass is 10.1. The fourth-order valence-electron chi connectivity index (χ4n) is 2.76. The number of carbonyl (C=O) groups is 2. The molecule has 2 aromatic heterocycles. The van der Waals surface area contributed by atoms with Crippen molar-refractivity contribution in [3.05, 3.63) is 66.0 Å². The number of nitrogens with one attached hydrogen (secondary N) is 2. The third kappa shape index (κ3) is 4.17. The molecule has 1 atom stereocenters. The van der Waals surface area contributed by atoms with Crippen LogP contribution in [-0.2, 0) is 9.53 Å². The van der Waals surface area contributed by atoms with E-state index in [9.17, 15) is 9.59 Å². The Morgan fingerprint density at radius 2 is 1.97 bits per heavy atom. The number of hydrogen-bond donors (Lipinski definition) is 2. The molecule has 0 saturated carbocycles. The molecular weight excluding hydrogens is 388 g/mol. The van der Waals surface area contributed by atoms with Gasteiger partial charge in [-0.1, -0.05) is 29.5 Å². The number of carbonyl (C=O) groups excluding carboxylic acids is 2. The molecule has 4 aromatic rings. The Morgan fingerprint density at radius 1 is 1.17 bits per heavy atom. The first kappa shape index (κ1) is 18.8. The number of aromatic amines is 1. The van der Waals surface area contributed by atoms with Crippen molar-refractivity contribution in [3.8, 4) is 11.4 Å². The van der Waals surface area contributed by atoms with Crippen molar-refractivity contribution >= 4 is 38.6 Å². The normalized spacial score (nSPS) is 11.9. The molecule has 0 spiro atoms. The average molecular weight is 406 g/mol. The molecule has 0 saturated heterocycles.